The SMILES string of the molecule is CC(C)(C)OC(=O)N1CC[C@@H](S(=O)(=O)Cc2cnc(Cl)s2)C1. The van der Waals surface area contributed by atoms with Gasteiger partial charge in [-0.2, -0.15) is 0 Å². The Morgan fingerprint density at radius 1 is 1.55 bits per heavy atom. The minimum atomic E-state index is -3.35. The Labute approximate surface area is 139 Å². The van der Waals surface area contributed by atoms with Gasteiger partial charge in [-0.3, -0.25) is 0 Å². The summed E-state index contributed by atoms with van der Waals surface area (Å²) < 4.78 is 30.4. The summed E-state index contributed by atoms with van der Waals surface area (Å²) in [6.45, 7) is 5.90. The van der Waals surface area contributed by atoms with Crippen LogP contribution in [0.4, 0.5) is 4.79 Å². The highest BCUT2D eigenvalue weighted by molar-refractivity contribution is 7.91. The van der Waals surface area contributed by atoms with E-state index in [2.05, 4.69) is 4.98 Å². The molecule has 0 radical (unpaired) electrons. The van der Waals surface area contributed by atoms with Crippen LogP contribution in [0.2, 0.25) is 4.47 Å². The van der Waals surface area contributed by atoms with E-state index >= 15 is 0 Å². The van der Waals surface area contributed by atoms with E-state index in [1.54, 1.807) is 20.8 Å². The maximum absolute atomic E-state index is 12.4. The van der Waals surface area contributed by atoms with Gasteiger partial charge in [-0.25, -0.2) is 18.2 Å². The van der Waals surface area contributed by atoms with E-state index in [1.807, 2.05) is 0 Å². The van der Waals surface area contributed by atoms with Crippen molar-refractivity contribution in [2.24, 2.45) is 0 Å². The van der Waals surface area contributed by atoms with Gasteiger partial charge in [-0.05, 0) is 27.2 Å². The summed E-state index contributed by atoms with van der Waals surface area (Å²) in [5, 5.41) is -0.569. The first-order valence-corrected chi connectivity index (χ1v) is 9.77. The third-order valence-electron chi connectivity index (χ3n) is 3.17. The molecule has 0 aliphatic carbocycles. The maximum atomic E-state index is 12.4. The number of carbonyl (C=O) groups excluding carboxylic acids is 1. The van der Waals surface area contributed by atoms with Crippen molar-refractivity contribution in [1.29, 1.82) is 0 Å². The molecule has 0 bridgehead atoms. The predicted octanol–water partition coefficient (Wildman–Crippen LogP) is 2.72. The van der Waals surface area contributed by atoms with E-state index in [0.717, 1.165) is 11.3 Å². The van der Waals surface area contributed by atoms with Crippen LogP contribution in [0, 0.1) is 0 Å². The molecule has 1 aliphatic rings. The van der Waals surface area contributed by atoms with Crippen LogP contribution in [-0.4, -0.2) is 48.3 Å². The average Bonchev–Trinajstić information content (AvgIpc) is 2.95. The molecular weight excluding hydrogens is 348 g/mol. The second-order valence-corrected chi connectivity index (χ2v) is 10.2. The highest BCUT2D eigenvalue weighted by Crippen LogP contribution is 2.25. The van der Waals surface area contributed by atoms with E-state index in [1.165, 1.54) is 11.1 Å². The van der Waals surface area contributed by atoms with Crippen LogP contribution in [0.1, 0.15) is 32.1 Å². The lowest BCUT2D eigenvalue weighted by atomic mass is 10.2. The first-order chi connectivity index (χ1) is 10.1. The first-order valence-electron chi connectivity index (χ1n) is 6.86. The number of carbonyl (C=O) groups is 1. The number of aromatic nitrogens is 1. The Morgan fingerprint density at radius 3 is 2.77 bits per heavy atom. The lowest BCUT2D eigenvalue weighted by Gasteiger charge is -2.24. The van der Waals surface area contributed by atoms with Gasteiger partial charge in [-0.15, -0.1) is 11.3 Å². The molecule has 0 unspecified atom stereocenters. The zero-order valence-corrected chi connectivity index (χ0v) is 15.1. The van der Waals surface area contributed by atoms with Gasteiger partial charge in [0.2, 0.25) is 0 Å². The Kier molecular flexibility index (Phi) is 5.03. The summed E-state index contributed by atoms with van der Waals surface area (Å²) in [4.78, 5) is 17.9. The number of halogens is 1. The first kappa shape index (κ1) is 17.5. The molecule has 2 rings (SSSR count). The van der Waals surface area contributed by atoms with Gasteiger partial charge in [0, 0.05) is 24.2 Å². The summed E-state index contributed by atoms with van der Waals surface area (Å²) in [6.07, 6.45) is 1.44. The van der Waals surface area contributed by atoms with Crippen molar-refractivity contribution in [3.05, 3.63) is 15.5 Å². The molecule has 0 spiro atoms. The summed E-state index contributed by atoms with van der Waals surface area (Å²) in [5.74, 6) is -0.0930. The fourth-order valence-corrected chi connectivity index (χ4v) is 5.26. The number of hydrogen-bond acceptors (Lipinski definition) is 6. The third-order valence-corrected chi connectivity index (χ3v) is 6.58. The normalized spacial score (nSPS) is 19.5. The number of ether oxygens (including phenoxy) is 1. The van der Waals surface area contributed by atoms with Crippen molar-refractivity contribution in [3.63, 3.8) is 0 Å². The van der Waals surface area contributed by atoms with Gasteiger partial charge in [0.15, 0.2) is 14.3 Å². The summed E-state index contributed by atoms with van der Waals surface area (Å²) in [5.41, 5.74) is -0.590. The standard InChI is InChI=1S/C13H19ClN2O4S2/c1-13(2,3)20-12(17)16-5-4-10(7-16)22(18,19)8-9-6-15-11(14)21-9/h6,10H,4-5,7-8H2,1-3H3/t10-/m1/s1. The summed E-state index contributed by atoms with van der Waals surface area (Å²) in [7, 11) is -3.35. The van der Waals surface area contributed by atoms with E-state index in [0.29, 0.717) is 22.3 Å². The van der Waals surface area contributed by atoms with E-state index in [4.69, 9.17) is 16.3 Å². The quantitative estimate of drug-likeness (QED) is 0.822. The van der Waals surface area contributed by atoms with Crippen molar-refractivity contribution in [1.82, 2.24) is 9.88 Å². The van der Waals surface area contributed by atoms with Crippen LogP contribution in [0.3, 0.4) is 0 Å². The molecule has 1 aromatic rings. The lowest BCUT2D eigenvalue weighted by Crippen LogP contribution is -2.36. The van der Waals surface area contributed by atoms with Crippen molar-refractivity contribution in [3.8, 4) is 0 Å². The van der Waals surface area contributed by atoms with Crippen LogP contribution in [0.25, 0.3) is 0 Å². The largest absolute Gasteiger partial charge is 0.444 e. The molecular formula is C13H19ClN2O4S2. The number of likely N-dealkylation sites (tertiary alicyclic amines) is 1. The molecule has 0 N–H and O–H groups in total. The second-order valence-electron chi connectivity index (χ2n) is 6.22. The monoisotopic (exact) mass is 366 g/mol. The van der Waals surface area contributed by atoms with E-state index < -0.39 is 26.8 Å². The molecule has 2 heterocycles. The smallest absolute Gasteiger partial charge is 0.410 e. The van der Waals surface area contributed by atoms with Crippen LogP contribution in [0.5, 0.6) is 0 Å². The van der Waals surface area contributed by atoms with E-state index in [-0.39, 0.29) is 12.3 Å². The minimum absolute atomic E-state index is 0.0930. The third kappa shape index (κ3) is 4.57. The van der Waals surface area contributed by atoms with Crippen LogP contribution < -0.4 is 0 Å². The molecule has 1 atom stereocenters. The van der Waals surface area contributed by atoms with Crippen LogP contribution >= 0.6 is 22.9 Å². The number of sulfone groups is 1. The zero-order chi connectivity index (χ0) is 16.5. The van der Waals surface area contributed by atoms with Gasteiger partial charge in [-0.1, -0.05) is 11.6 Å². The van der Waals surface area contributed by atoms with Crippen LogP contribution in [-0.2, 0) is 20.3 Å². The van der Waals surface area contributed by atoms with Crippen molar-refractivity contribution < 1.29 is 17.9 Å². The average molecular weight is 367 g/mol. The molecule has 6 nitrogen and oxygen atoms in total. The van der Waals surface area contributed by atoms with Crippen LogP contribution in [0.15, 0.2) is 6.20 Å². The Hall–Kier alpha value is -0.860. The number of hydrogen-bond donors (Lipinski definition) is 0. The van der Waals surface area contributed by atoms with Crippen molar-refractivity contribution in [2.45, 2.75) is 43.8 Å². The molecule has 1 saturated heterocycles. The summed E-state index contributed by atoms with van der Waals surface area (Å²) in [6, 6.07) is 0. The fourth-order valence-electron chi connectivity index (χ4n) is 2.18. The second kappa shape index (κ2) is 6.33. The minimum Gasteiger partial charge on any atom is -0.444 e. The number of rotatable bonds is 3. The molecule has 124 valence electrons. The molecule has 1 amide bonds. The Morgan fingerprint density at radius 2 is 2.23 bits per heavy atom. The van der Waals surface area contributed by atoms with Gasteiger partial charge < -0.3 is 9.64 Å². The summed E-state index contributed by atoms with van der Waals surface area (Å²) >= 11 is 6.88. The van der Waals surface area contributed by atoms with Crippen molar-refractivity contribution >= 4 is 38.9 Å². The Balaban J connectivity index is 1.98. The van der Waals surface area contributed by atoms with E-state index in [9.17, 15) is 13.2 Å². The highest BCUT2D eigenvalue weighted by atomic mass is 35.5. The highest BCUT2D eigenvalue weighted by Gasteiger charge is 2.37. The van der Waals surface area contributed by atoms with Gasteiger partial charge in [0.1, 0.15) is 5.60 Å². The topological polar surface area (TPSA) is 76.6 Å². The molecule has 9 heteroatoms. The number of thiazole rings is 1. The molecule has 22 heavy (non-hydrogen) atoms. The van der Waals surface area contributed by atoms with Gasteiger partial charge >= 0.3 is 6.09 Å². The van der Waals surface area contributed by atoms with Gasteiger partial charge in [0.05, 0.1) is 11.0 Å². The molecule has 1 aromatic heterocycles. The van der Waals surface area contributed by atoms with Gasteiger partial charge in [0.25, 0.3) is 0 Å². The lowest BCUT2D eigenvalue weighted by molar-refractivity contribution is 0.0295. The maximum Gasteiger partial charge on any atom is 0.410 e. The fraction of sp³-hybridized carbons (Fsp3) is 0.692. The number of nitrogens with zero attached hydrogens (tertiary/aromatic N) is 2. The molecule has 1 aliphatic heterocycles. The predicted molar refractivity (Wildman–Crippen MR) is 86.0 cm³/mol. The zero-order valence-electron chi connectivity index (χ0n) is 12.7. The molecule has 1 fully saturated rings. The van der Waals surface area contributed by atoms with Crippen molar-refractivity contribution in [2.75, 3.05) is 13.1 Å². The molecule has 0 aromatic carbocycles. The molecule has 0 saturated carbocycles. The number of amides is 1. The Bertz CT molecular complexity index is 651.